The Kier molecular flexibility index (Phi) is 5.93. The first-order chi connectivity index (χ1) is 13.5. The normalized spacial score (nSPS) is 11.0. The zero-order valence-electron chi connectivity index (χ0n) is 15.9. The van der Waals surface area contributed by atoms with Gasteiger partial charge in [0.15, 0.2) is 5.58 Å². The molecule has 0 spiro atoms. The number of para-hydroxylation sites is 3. The molecule has 0 atom stereocenters. The second-order valence-electron chi connectivity index (χ2n) is 6.81. The standard InChI is InChI=1S/C21H23N3O4/c1-14(2)22-20(26)15-8-3-4-9-16(15)23-19(25)12-7-13-24-17-10-5-6-11-18(17)28-21(24)27/h3-6,8-11,14H,7,12-13H2,1-2H3,(H,22,26)(H,23,25). The van der Waals surface area contributed by atoms with Crippen molar-refractivity contribution in [1.82, 2.24) is 9.88 Å². The van der Waals surface area contributed by atoms with Gasteiger partial charge in [0.1, 0.15) is 0 Å². The maximum Gasteiger partial charge on any atom is 0.419 e. The number of aromatic nitrogens is 1. The van der Waals surface area contributed by atoms with Gasteiger partial charge in [-0.3, -0.25) is 14.2 Å². The minimum Gasteiger partial charge on any atom is -0.408 e. The number of oxazole rings is 1. The van der Waals surface area contributed by atoms with Crippen molar-refractivity contribution in [3.05, 3.63) is 64.6 Å². The molecule has 0 aliphatic carbocycles. The zero-order valence-corrected chi connectivity index (χ0v) is 15.9. The summed E-state index contributed by atoms with van der Waals surface area (Å²) in [4.78, 5) is 36.6. The molecule has 0 bridgehead atoms. The van der Waals surface area contributed by atoms with Crippen molar-refractivity contribution >= 4 is 28.6 Å². The van der Waals surface area contributed by atoms with Crippen LogP contribution < -0.4 is 16.4 Å². The molecule has 1 heterocycles. The average molecular weight is 381 g/mol. The highest BCUT2D eigenvalue weighted by Gasteiger charge is 2.14. The van der Waals surface area contributed by atoms with E-state index in [0.717, 1.165) is 0 Å². The van der Waals surface area contributed by atoms with Gasteiger partial charge in [-0.25, -0.2) is 4.79 Å². The van der Waals surface area contributed by atoms with E-state index in [1.807, 2.05) is 26.0 Å². The van der Waals surface area contributed by atoms with Crippen molar-refractivity contribution in [2.75, 3.05) is 5.32 Å². The molecule has 1 aromatic heterocycles. The number of carbonyl (C=O) groups is 2. The van der Waals surface area contributed by atoms with Crippen molar-refractivity contribution in [3.63, 3.8) is 0 Å². The lowest BCUT2D eigenvalue weighted by molar-refractivity contribution is -0.116. The Morgan fingerprint density at radius 2 is 1.79 bits per heavy atom. The fourth-order valence-corrected chi connectivity index (χ4v) is 2.97. The molecule has 2 N–H and O–H groups in total. The van der Waals surface area contributed by atoms with Crippen LogP contribution in [0.1, 0.15) is 37.0 Å². The number of rotatable bonds is 7. The molecule has 0 fully saturated rings. The molecule has 0 saturated carbocycles. The highest BCUT2D eigenvalue weighted by atomic mass is 16.4. The average Bonchev–Trinajstić information content (AvgIpc) is 2.97. The number of benzene rings is 2. The minimum absolute atomic E-state index is 0.000600. The third kappa shape index (κ3) is 4.49. The summed E-state index contributed by atoms with van der Waals surface area (Å²) in [6, 6.07) is 14.1. The van der Waals surface area contributed by atoms with Crippen LogP contribution in [0.25, 0.3) is 11.1 Å². The quantitative estimate of drug-likeness (QED) is 0.657. The first-order valence-corrected chi connectivity index (χ1v) is 9.24. The van der Waals surface area contributed by atoms with E-state index in [2.05, 4.69) is 10.6 Å². The Morgan fingerprint density at radius 3 is 2.57 bits per heavy atom. The number of aryl methyl sites for hydroxylation is 1. The summed E-state index contributed by atoms with van der Waals surface area (Å²) in [7, 11) is 0. The van der Waals surface area contributed by atoms with E-state index in [0.29, 0.717) is 35.3 Å². The van der Waals surface area contributed by atoms with Gasteiger partial charge in [0.2, 0.25) is 5.91 Å². The van der Waals surface area contributed by atoms with E-state index in [-0.39, 0.29) is 24.3 Å². The van der Waals surface area contributed by atoms with E-state index in [9.17, 15) is 14.4 Å². The van der Waals surface area contributed by atoms with Gasteiger partial charge in [-0.1, -0.05) is 24.3 Å². The summed E-state index contributed by atoms with van der Waals surface area (Å²) in [5, 5.41) is 5.60. The molecule has 146 valence electrons. The molecular formula is C21H23N3O4. The van der Waals surface area contributed by atoms with Gasteiger partial charge in [-0.15, -0.1) is 0 Å². The van der Waals surface area contributed by atoms with Crippen LogP contribution >= 0.6 is 0 Å². The second kappa shape index (κ2) is 8.56. The smallest absolute Gasteiger partial charge is 0.408 e. The molecule has 0 aliphatic rings. The lowest BCUT2D eigenvalue weighted by Crippen LogP contribution is -2.31. The predicted octanol–water partition coefficient (Wildman–Crippen LogP) is 3.15. The molecule has 2 aromatic carbocycles. The Hall–Kier alpha value is -3.35. The minimum atomic E-state index is -0.433. The van der Waals surface area contributed by atoms with Crippen LogP contribution in [0, 0.1) is 0 Å². The number of carbonyl (C=O) groups excluding carboxylic acids is 2. The molecule has 3 rings (SSSR count). The molecule has 3 aromatic rings. The number of amides is 2. The van der Waals surface area contributed by atoms with E-state index < -0.39 is 5.76 Å². The predicted molar refractivity (Wildman–Crippen MR) is 107 cm³/mol. The van der Waals surface area contributed by atoms with E-state index >= 15 is 0 Å². The highest BCUT2D eigenvalue weighted by Crippen LogP contribution is 2.16. The first kappa shape index (κ1) is 19.4. The molecule has 0 radical (unpaired) electrons. The van der Waals surface area contributed by atoms with Gasteiger partial charge in [0.05, 0.1) is 16.8 Å². The van der Waals surface area contributed by atoms with Crippen LogP contribution in [-0.4, -0.2) is 22.4 Å². The molecule has 0 unspecified atom stereocenters. The molecule has 0 aliphatic heterocycles. The zero-order chi connectivity index (χ0) is 20.1. The van der Waals surface area contributed by atoms with Crippen molar-refractivity contribution in [1.29, 1.82) is 0 Å². The van der Waals surface area contributed by atoms with Crippen LogP contribution in [-0.2, 0) is 11.3 Å². The van der Waals surface area contributed by atoms with E-state index in [1.165, 1.54) is 4.57 Å². The van der Waals surface area contributed by atoms with Crippen molar-refractivity contribution in [2.45, 2.75) is 39.3 Å². The van der Waals surface area contributed by atoms with Crippen molar-refractivity contribution < 1.29 is 14.0 Å². The van der Waals surface area contributed by atoms with Crippen LogP contribution in [0.2, 0.25) is 0 Å². The monoisotopic (exact) mass is 381 g/mol. The fraction of sp³-hybridized carbons (Fsp3) is 0.286. The molecule has 2 amide bonds. The SMILES string of the molecule is CC(C)NC(=O)c1ccccc1NC(=O)CCCn1c(=O)oc2ccccc21. The Bertz CT molecular complexity index is 1050. The van der Waals surface area contributed by atoms with E-state index in [1.54, 1.807) is 36.4 Å². The number of hydrogen-bond acceptors (Lipinski definition) is 4. The lowest BCUT2D eigenvalue weighted by Gasteiger charge is -2.13. The highest BCUT2D eigenvalue weighted by molar-refractivity contribution is 6.03. The Balaban J connectivity index is 1.61. The summed E-state index contributed by atoms with van der Waals surface area (Å²) in [5.74, 6) is -0.884. The number of fused-ring (bicyclic) bond motifs is 1. The molecule has 7 heteroatoms. The third-order valence-corrected chi connectivity index (χ3v) is 4.22. The third-order valence-electron chi connectivity index (χ3n) is 4.22. The number of hydrogen-bond donors (Lipinski definition) is 2. The number of nitrogens with one attached hydrogen (secondary N) is 2. The maximum atomic E-state index is 12.3. The molecule has 7 nitrogen and oxygen atoms in total. The number of nitrogens with zero attached hydrogens (tertiary/aromatic N) is 1. The van der Waals surface area contributed by atoms with Gasteiger partial charge < -0.3 is 15.1 Å². The molecular weight excluding hydrogens is 358 g/mol. The van der Waals surface area contributed by atoms with Crippen LogP contribution in [0.4, 0.5) is 5.69 Å². The maximum absolute atomic E-state index is 12.3. The van der Waals surface area contributed by atoms with Crippen LogP contribution in [0.15, 0.2) is 57.7 Å². The summed E-state index contributed by atoms with van der Waals surface area (Å²) in [5.41, 5.74) is 2.13. The molecule has 0 saturated heterocycles. The lowest BCUT2D eigenvalue weighted by atomic mass is 10.1. The Labute approximate surface area is 162 Å². The second-order valence-corrected chi connectivity index (χ2v) is 6.81. The van der Waals surface area contributed by atoms with Crippen LogP contribution in [0.3, 0.4) is 0 Å². The summed E-state index contributed by atoms with van der Waals surface area (Å²) in [6.45, 7) is 4.12. The van der Waals surface area contributed by atoms with Crippen molar-refractivity contribution in [2.24, 2.45) is 0 Å². The van der Waals surface area contributed by atoms with Gasteiger partial charge in [-0.05, 0) is 44.5 Å². The summed E-state index contributed by atoms with van der Waals surface area (Å²) < 4.78 is 6.71. The van der Waals surface area contributed by atoms with Gasteiger partial charge in [0.25, 0.3) is 5.91 Å². The van der Waals surface area contributed by atoms with E-state index in [4.69, 9.17) is 4.42 Å². The van der Waals surface area contributed by atoms with Gasteiger partial charge in [-0.2, -0.15) is 0 Å². The summed E-state index contributed by atoms with van der Waals surface area (Å²) in [6.07, 6.45) is 0.682. The summed E-state index contributed by atoms with van der Waals surface area (Å²) >= 11 is 0. The van der Waals surface area contributed by atoms with Gasteiger partial charge in [0, 0.05) is 19.0 Å². The fourth-order valence-electron chi connectivity index (χ4n) is 2.97. The molecule has 28 heavy (non-hydrogen) atoms. The topological polar surface area (TPSA) is 93.3 Å². The van der Waals surface area contributed by atoms with Crippen molar-refractivity contribution in [3.8, 4) is 0 Å². The Morgan fingerprint density at radius 1 is 1.07 bits per heavy atom. The largest absolute Gasteiger partial charge is 0.419 e. The van der Waals surface area contributed by atoms with Gasteiger partial charge >= 0.3 is 5.76 Å². The first-order valence-electron chi connectivity index (χ1n) is 9.24. The van der Waals surface area contributed by atoms with Crippen LogP contribution in [0.5, 0.6) is 0 Å². The number of anilines is 1.